The Morgan fingerprint density at radius 1 is 1.08 bits per heavy atom. The van der Waals surface area contributed by atoms with Gasteiger partial charge in [-0.2, -0.15) is 5.10 Å². The number of aryl methyl sites for hydroxylation is 1. The van der Waals surface area contributed by atoms with E-state index >= 15 is 0 Å². The summed E-state index contributed by atoms with van der Waals surface area (Å²) in [6, 6.07) is 9.38. The minimum absolute atomic E-state index is 0.0992. The van der Waals surface area contributed by atoms with Crippen molar-refractivity contribution in [2.24, 2.45) is 4.99 Å². The molecule has 0 saturated carbocycles. The Hall–Kier alpha value is -2.73. The van der Waals surface area contributed by atoms with Crippen LogP contribution in [0.25, 0.3) is 11.3 Å². The predicted molar refractivity (Wildman–Crippen MR) is 94.6 cm³/mol. The van der Waals surface area contributed by atoms with Gasteiger partial charge in [-0.05, 0) is 36.2 Å². The molecule has 3 aromatic rings. The lowest BCUT2D eigenvalue weighted by Gasteiger charge is -2.09. The minimum atomic E-state index is -0.682. The summed E-state index contributed by atoms with van der Waals surface area (Å²) in [6.45, 7) is 0. The number of anilines is 1. The van der Waals surface area contributed by atoms with E-state index in [9.17, 15) is 8.78 Å². The smallest absolute Gasteiger partial charge is 0.144 e. The molecule has 2 aromatic carbocycles. The highest BCUT2D eigenvalue weighted by Crippen LogP contribution is 2.38. The van der Waals surface area contributed by atoms with E-state index in [1.54, 1.807) is 12.3 Å². The second kappa shape index (κ2) is 6.29. The molecule has 0 aliphatic carbocycles. The molecule has 0 amide bonds. The third-order valence-corrected chi connectivity index (χ3v) is 4.21. The molecule has 0 unspecified atom stereocenters. The van der Waals surface area contributed by atoms with E-state index in [1.807, 2.05) is 12.1 Å². The van der Waals surface area contributed by atoms with Crippen LogP contribution in [0.15, 0.2) is 47.6 Å². The van der Waals surface area contributed by atoms with Crippen LogP contribution in [0, 0.1) is 11.6 Å². The van der Waals surface area contributed by atoms with Gasteiger partial charge in [0.15, 0.2) is 0 Å². The molecule has 1 aliphatic heterocycles. The summed E-state index contributed by atoms with van der Waals surface area (Å²) in [5.74, 6) is -0.765. The molecule has 0 spiro atoms. The first kappa shape index (κ1) is 15.8. The molecule has 0 bridgehead atoms. The molecule has 0 radical (unpaired) electrons. The number of nitrogens with zero attached hydrogens (tertiary/aromatic N) is 2. The number of amidine groups is 1. The number of hydrogen-bond donors (Lipinski definition) is 2. The zero-order valence-corrected chi connectivity index (χ0v) is 13.7. The highest BCUT2D eigenvalue weighted by Gasteiger charge is 2.23. The van der Waals surface area contributed by atoms with Crippen molar-refractivity contribution in [3.05, 3.63) is 65.4 Å². The fourth-order valence-electron chi connectivity index (χ4n) is 2.84. The zero-order chi connectivity index (χ0) is 17.4. The number of hydrogen-bond acceptors (Lipinski definition) is 3. The van der Waals surface area contributed by atoms with Gasteiger partial charge in [0.05, 0.1) is 16.9 Å². The number of nitrogens with one attached hydrogen (secondary N) is 2. The number of halogens is 3. The van der Waals surface area contributed by atoms with Crippen molar-refractivity contribution in [2.75, 3.05) is 11.2 Å². The number of fused-ring (bicyclic) bond motifs is 3. The first-order chi connectivity index (χ1) is 12.2. The molecule has 2 heterocycles. The first-order valence-electron chi connectivity index (χ1n) is 7.70. The molecule has 126 valence electrons. The second-order valence-electron chi connectivity index (χ2n) is 5.62. The summed E-state index contributed by atoms with van der Waals surface area (Å²) in [6.07, 6.45) is 2.34. The molecule has 0 saturated heterocycles. The van der Waals surface area contributed by atoms with Gasteiger partial charge in [0, 0.05) is 17.6 Å². The van der Waals surface area contributed by atoms with Crippen molar-refractivity contribution >= 4 is 28.8 Å². The van der Waals surface area contributed by atoms with Crippen LogP contribution in [0.3, 0.4) is 0 Å². The number of aliphatic imine (C=N–C) groups is 1. The summed E-state index contributed by atoms with van der Waals surface area (Å²) in [7, 11) is 0. The number of benzene rings is 2. The van der Waals surface area contributed by atoms with E-state index in [0.717, 1.165) is 11.1 Å². The van der Waals surface area contributed by atoms with Crippen LogP contribution in [0.5, 0.6) is 0 Å². The van der Waals surface area contributed by atoms with Gasteiger partial charge < -0.3 is 5.32 Å². The van der Waals surface area contributed by atoms with E-state index in [1.165, 1.54) is 18.2 Å². The molecule has 1 aliphatic rings. The summed E-state index contributed by atoms with van der Waals surface area (Å²) < 4.78 is 28.4. The van der Waals surface area contributed by atoms with Crippen molar-refractivity contribution in [2.45, 2.75) is 6.42 Å². The standard InChI is InChI=1S/C18H13ClF2N4/c19-7-6-10-4-5-14-11(8-10)17-15(9-22-25-17)24-18(23-14)16-12(20)2-1-3-13(16)21/h1-5,8-9H,6-7H2,(H,22,25)(H,23,24). The van der Waals surface area contributed by atoms with Gasteiger partial charge in [0.2, 0.25) is 0 Å². The monoisotopic (exact) mass is 358 g/mol. The van der Waals surface area contributed by atoms with Gasteiger partial charge in [-0.25, -0.2) is 13.8 Å². The number of aromatic amines is 1. The third-order valence-electron chi connectivity index (χ3n) is 4.02. The molecule has 4 nitrogen and oxygen atoms in total. The van der Waals surface area contributed by atoms with Gasteiger partial charge in [-0.1, -0.05) is 12.1 Å². The lowest BCUT2D eigenvalue weighted by molar-refractivity contribution is 0.579. The van der Waals surface area contributed by atoms with E-state index < -0.39 is 11.6 Å². The maximum Gasteiger partial charge on any atom is 0.144 e. The van der Waals surface area contributed by atoms with Crippen molar-refractivity contribution in [1.29, 1.82) is 0 Å². The largest absolute Gasteiger partial charge is 0.336 e. The van der Waals surface area contributed by atoms with Gasteiger partial charge in [0.1, 0.15) is 23.2 Å². The molecular weight excluding hydrogens is 346 g/mol. The van der Waals surface area contributed by atoms with Crippen molar-refractivity contribution < 1.29 is 8.78 Å². The molecule has 25 heavy (non-hydrogen) atoms. The summed E-state index contributed by atoms with van der Waals surface area (Å²) >= 11 is 5.82. The fourth-order valence-corrected chi connectivity index (χ4v) is 3.06. The van der Waals surface area contributed by atoms with Crippen molar-refractivity contribution in [1.82, 2.24) is 10.2 Å². The Morgan fingerprint density at radius 2 is 1.88 bits per heavy atom. The molecule has 4 rings (SSSR count). The van der Waals surface area contributed by atoms with Crippen LogP contribution >= 0.6 is 11.6 Å². The minimum Gasteiger partial charge on any atom is -0.336 e. The second-order valence-corrected chi connectivity index (χ2v) is 6.00. The maximum atomic E-state index is 14.2. The Kier molecular flexibility index (Phi) is 3.97. The number of aromatic nitrogens is 2. The Labute approximate surface area is 147 Å². The van der Waals surface area contributed by atoms with Gasteiger partial charge in [-0.15, -0.1) is 11.6 Å². The molecule has 0 fully saturated rings. The average Bonchev–Trinajstić information content (AvgIpc) is 2.98. The van der Waals surface area contributed by atoms with Crippen LogP contribution in [-0.4, -0.2) is 21.9 Å². The SMILES string of the molecule is Fc1cccc(F)c1C1=Nc2ccc(CCCl)cc2-c2n[nH]cc2N1. The Bertz CT molecular complexity index is 961. The van der Waals surface area contributed by atoms with Crippen LogP contribution in [0.4, 0.5) is 20.2 Å². The van der Waals surface area contributed by atoms with Crippen LogP contribution in [0.1, 0.15) is 11.1 Å². The molecule has 7 heteroatoms. The summed E-state index contributed by atoms with van der Waals surface area (Å²) in [5, 5.41) is 10.0. The highest BCUT2D eigenvalue weighted by molar-refractivity contribution is 6.18. The quantitative estimate of drug-likeness (QED) is 0.670. The molecular formula is C18H13ClF2N4. The van der Waals surface area contributed by atoms with Crippen LogP contribution in [0.2, 0.25) is 0 Å². The molecule has 2 N–H and O–H groups in total. The van der Waals surface area contributed by atoms with Crippen LogP contribution < -0.4 is 5.32 Å². The van der Waals surface area contributed by atoms with Crippen molar-refractivity contribution in [3.8, 4) is 11.3 Å². The lowest BCUT2D eigenvalue weighted by Crippen LogP contribution is -2.16. The predicted octanol–water partition coefficient (Wildman–Crippen LogP) is 4.64. The van der Waals surface area contributed by atoms with Crippen LogP contribution in [-0.2, 0) is 6.42 Å². The summed E-state index contributed by atoms with van der Waals surface area (Å²) in [4.78, 5) is 4.46. The molecule has 0 atom stereocenters. The molecule has 1 aromatic heterocycles. The van der Waals surface area contributed by atoms with Gasteiger partial charge in [0.25, 0.3) is 0 Å². The van der Waals surface area contributed by atoms with E-state index in [2.05, 4.69) is 20.5 Å². The fraction of sp³-hybridized carbons (Fsp3) is 0.111. The number of alkyl halides is 1. The zero-order valence-electron chi connectivity index (χ0n) is 13.0. The maximum absolute atomic E-state index is 14.2. The normalized spacial score (nSPS) is 12.7. The topological polar surface area (TPSA) is 53.1 Å². The van der Waals surface area contributed by atoms with E-state index in [-0.39, 0.29) is 11.4 Å². The highest BCUT2D eigenvalue weighted by atomic mass is 35.5. The number of H-pyrrole nitrogens is 1. The summed E-state index contributed by atoms with van der Waals surface area (Å²) in [5.41, 5.74) is 3.43. The Balaban J connectivity index is 1.93. The first-order valence-corrected chi connectivity index (χ1v) is 8.24. The average molecular weight is 359 g/mol. The third kappa shape index (κ3) is 2.78. The lowest BCUT2D eigenvalue weighted by atomic mass is 10.0. The number of rotatable bonds is 3. The van der Waals surface area contributed by atoms with E-state index in [4.69, 9.17) is 11.6 Å². The van der Waals surface area contributed by atoms with Gasteiger partial charge in [-0.3, -0.25) is 5.10 Å². The Morgan fingerprint density at radius 3 is 2.64 bits per heavy atom. The van der Waals surface area contributed by atoms with E-state index in [0.29, 0.717) is 29.4 Å². The van der Waals surface area contributed by atoms with Gasteiger partial charge >= 0.3 is 0 Å². The van der Waals surface area contributed by atoms with Crippen molar-refractivity contribution in [3.63, 3.8) is 0 Å².